The second-order valence-electron chi connectivity index (χ2n) is 6.50. The number of likely N-dealkylation sites (N-methyl/N-ethyl adjacent to an activating group) is 1. The summed E-state index contributed by atoms with van der Waals surface area (Å²) in [5.74, 6) is -0.886. The van der Waals surface area contributed by atoms with Crippen LogP contribution in [0.4, 0.5) is 4.39 Å². The van der Waals surface area contributed by atoms with Crippen molar-refractivity contribution in [2.45, 2.75) is 39.8 Å². The van der Waals surface area contributed by atoms with E-state index in [-0.39, 0.29) is 30.6 Å². The van der Waals surface area contributed by atoms with E-state index in [0.717, 1.165) is 16.7 Å². The van der Waals surface area contributed by atoms with Gasteiger partial charge in [-0.05, 0) is 43.5 Å². The molecule has 26 heavy (non-hydrogen) atoms. The Bertz CT molecular complexity index is 804. The molecule has 0 heterocycles. The van der Waals surface area contributed by atoms with Crippen molar-refractivity contribution in [2.24, 2.45) is 0 Å². The zero-order valence-electron chi connectivity index (χ0n) is 15.7. The number of carbonyl (C=O) groups is 2. The Balaban J connectivity index is 2.26. The fourth-order valence-electron chi connectivity index (χ4n) is 2.79. The molecule has 0 fully saturated rings. The normalized spacial score (nSPS) is 11.7. The lowest BCUT2D eigenvalue weighted by atomic mass is 10.0. The summed E-state index contributed by atoms with van der Waals surface area (Å²) in [4.78, 5) is 26.4. The SMILES string of the molecule is CNC(=O)[C@@H](C)N(Cc1ccccc1F)C(=O)Cc1ccc(C)c(C)c1. The van der Waals surface area contributed by atoms with Gasteiger partial charge in [-0.3, -0.25) is 9.59 Å². The summed E-state index contributed by atoms with van der Waals surface area (Å²) in [6, 6.07) is 11.5. The Morgan fingerprint density at radius 1 is 1.12 bits per heavy atom. The van der Waals surface area contributed by atoms with Gasteiger partial charge in [0.15, 0.2) is 0 Å². The summed E-state index contributed by atoms with van der Waals surface area (Å²) in [5.41, 5.74) is 3.52. The van der Waals surface area contributed by atoms with Gasteiger partial charge in [-0.25, -0.2) is 4.39 Å². The van der Waals surface area contributed by atoms with Gasteiger partial charge in [-0.15, -0.1) is 0 Å². The Kier molecular flexibility index (Phi) is 6.50. The molecule has 0 radical (unpaired) electrons. The van der Waals surface area contributed by atoms with Crippen molar-refractivity contribution < 1.29 is 14.0 Å². The molecule has 0 saturated heterocycles. The van der Waals surface area contributed by atoms with Gasteiger partial charge in [0, 0.05) is 19.2 Å². The molecule has 0 unspecified atom stereocenters. The van der Waals surface area contributed by atoms with E-state index in [0.29, 0.717) is 5.56 Å². The van der Waals surface area contributed by atoms with Crippen LogP contribution in [0.25, 0.3) is 0 Å². The van der Waals surface area contributed by atoms with E-state index >= 15 is 0 Å². The van der Waals surface area contributed by atoms with Crippen molar-refractivity contribution in [2.75, 3.05) is 7.05 Å². The van der Waals surface area contributed by atoms with Crippen LogP contribution in [-0.4, -0.2) is 29.8 Å². The molecule has 1 atom stereocenters. The number of nitrogens with zero attached hydrogens (tertiary/aromatic N) is 1. The van der Waals surface area contributed by atoms with E-state index < -0.39 is 6.04 Å². The molecule has 0 aliphatic rings. The van der Waals surface area contributed by atoms with Crippen LogP contribution in [0.15, 0.2) is 42.5 Å². The number of hydrogen-bond acceptors (Lipinski definition) is 2. The summed E-state index contributed by atoms with van der Waals surface area (Å²) in [6.45, 7) is 5.70. The molecule has 138 valence electrons. The molecule has 2 amide bonds. The lowest BCUT2D eigenvalue weighted by Gasteiger charge is -2.28. The fraction of sp³-hybridized carbons (Fsp3) is 0.333. The van der Waals surface area contributed by atoms with Crippen molar-refractivity contribution in [3.05, 3.63) is 70.5 Å². The maximum absolute atomic E-state index is 14.0. The summed E-state index contributed by atoms with van der Waals surface area (Å²) in [5, 5.41) is 2.55. The first-order chi connectivity index (χ1) is 12.3. The van der Waals surface area contributed by atoms with Crippen LogP contribution >= 0.6 is 0 Å². The lowest BCUT2D eigenvalue weighted by Crippen LogP contribution is -2.47. The number of benzene rings is 2. The first kappa shape index (κ1) is 19.6. The van der Waals surface area contributed by atoms with Crippen LogP contribution in [0.3, 0.4) is 0 Å². The second-order valence-corrected chi connectivity index (χ2v) is 6.50. The molecule has 0 aromatic heterocycles. The van der Waals surface area contributed by atoms with Crippen LogP contribution in [0.5, 0.6) is 0 Å². The first-order valence-electron chi connectivity index (χ1n) is 8.64. The Hall–Kier alpha value is -2.69. The van der Waals surface area contributed by atoms with Crippen molar-refractivity contribution in [1.29, 1.82) is 0 Å². The molecule has 2 rings (SSSR count). The fourth-order valence-corrected chi connectivity index (χ4v) is 2.79. The predicted molar refractivity (Wildman–Crippen MR) is 100 cm³/mol. The van der Waals surface area contributed by atoms with E-state index in [2.05, 4.69) is 5.32 Å². The maximum atomic E-state index is 14.0. The quantitative estimate of drug-likeness (QED) is 0.864. The van der Waals surface area contributed by atoms with E-state index in [1.54, 1.807) is 25.1 Å². The van der Waals surface area contributed by atoms with Crippen molar-refractivity contribution in [1.82, 2.24) is 10.2 Å². The number of halogens is 1. The Morgan fingerprint density at radius 2 is 1.81 bits per heavy atom. The van der Waals surface area contributed by atoms with Crippen LogP contribution < -0.4 is 5.32 Å². The van der Waals surface area contributed by atoms with Crippen LogP contribution in [-0.2, 0) is 22.6 Å². The molecular formula is C21H25FN2O2. The van der Waals surface area contributed by atoms with Gasteiger partial charge >= 0.3 is 0 Å². The highest BCUT2D eigenvalue weighted by molar-refractivity contribution is 5.88. The smallest absolute Gasteiger partial charge is 0.242 e. The highest BCUT2D eigenvalue weighted by atomic mass is 19.1. The average Bonchev–Trinajstić information content (AvgIpc) is 2.62. The highest BCUT2D eigenvalue weighted by Gasteiger charge is 2.26. The number of amides is 2. The largest absolute Gasteiger partial charge is 0.357 e. The molecule has 0 bridgehead atoms. The number of nitrogens with one attached hydrogen (secondary N) is 1. The molecule has 2 aromatic rings. The van der Waals surface area contributed by atoms with Crippen molar-refractivity contribution in [3.8, 4) is 0 Å². The molecule has 0 spiro atoms. The third kappa shape index (κ3) is 4.69. The van der Waals surface area contributed by atoms with Gasteiger partial charge in [-0.2, -0.15) is 0 Å². The summed E-state index contributed by atoms with van der Waals surface area (Å²) >= 11 is 0. The van der Waals surface area contributed by atoms with E-state index in [9.17, 15) is 14.0 Å². The van der Waals surface area contributed by atoms with Gasteiger partial charge in [0.1, 0.15) is 11.9 Å². The minimum Gasteiger partial charge on any atom is -0.357 e. The van der Waals surface area contributed by atoms with E-state index in [1.807, 2.05) is 32.0 Å². The molecule has 1 N–H and O–H groups in total. The molecule has 0 aliphatic heterocycles. The second kappa shape index (κ2) is 8.61. The van der Waals surface area contributed by atoms with Crippen molar-refractivity contribution in [3.63, 3.8) is 0 Å². The van der Waals surface area contributed by atoms with Gasteiger partial charge in [0.05, 0.1) is 6.42 Å². The highest BCUT2D eigenvalue weighted by Crippen LogP contribution is 2.16. The third-order valence-electron chi connectivity index (χ3n) is 4.64. The molecule has 0 saturated carbocycles. The van der Waals surface area contributed by atoms with Gasteiger partial charge in [-0.1, -0.05) is 36.4 Å². The number of carbonyl (C=O) groups excluding carboxylic acids is 2. The predicted octanol–water partition coefficient (Wildman–Crippen LogP) is 3.15. The Morgan fingerprint density at radius 3 is 2.42 bits per heavy atom. The van der Waals surface area contributed by atoms with Crippen LogP contribution in [0.1, 0.15) is 29.2 Å². The zero-order chi connectivity index (χ0) is 19.3. The minimum atomic E-state index is -0.696. The lowest BCUT2D eigenvalue weighted by molar-refractivity contribution is -0.139. The topological polar surface area (TPSA) is 49.4 Å². The summed E-state index contributed by atoms with van der Waals surface area (Å²) in [7, 11) is 1.52. The standard InChI is InChI=1S/C21H25FN2O2/c1-14-9-10-17(11-15(14)2)12-20(25)24(16(3)21(26)23-4)13-18-7-5-6-8-19(18)22/h5-11,16H,12-13H2,1-4H3,(H,23,26)/t16-/m1/s1. The molecule has 2 aromatic carbocycles. The summed E-state index contributed by atoms with van der Waals surface area (Å²) in [6.07, 6.45) is 0.164. The molecule has 5 heteroatoms. The van der Waals surface area contributed by atoms with Crippen LogP contribution in [0, 0.1) is 19.7 Å². The number of aryl methyl sites for hydroxylation is 2. The number of hydrogen-bond donors (Lipinski definition) is 1. The maximum Gasteiger partial charge on any atom is 0.242 e. The third-order valence-corrected chi connectivity index (χ3v) is 4.64. The van der Waals surface area contributed by atoms with Gasteiger partial charge < -0.3 is 10.2 Å². The Labute approximate surface area is 154 Å². The van der Waals surface area contributed by atoms with Gasteiger partial charge in [0.25, 0.3) is 0 Å². The van der Waals surface area contributed by atoms with Crippen LogP contribution in [0.2, 0.25) is 0 Å². The summed E-state index contributed by atoms with van der Waals surface area (Å²) < 4.78 is 14.0. The van der Waals surface area contributed by atoms with E-state index in [1.165, 1.54) is 18.0 Å². The molecule has 4 nitrogen and oxygen atoms in total. The zero-order valence-corrected chi connectivity index (χ0v) is 15.7. The first-order valence-corrected chi connectivity index (χ1v) is 8.64. The van der Waals surface area contributed by atoms with Crippen molar-refractivity contribution >= 4 is 11.8 Å². The molecule has 0 aliphatic carbocycles. The number of rotatable bonds is 6. The average molecular weight is 356 g/mol. The minimum absolute atomic E-state index is 0.0466. The monoisotopic (exact) mass is 356 g/mol. The van der Waals surface area contributed by atoms with E-state index in [4.69, 9.17) is 0 Å². The van der Waals surface area contributed by atoms with Gasteiger partial charge in [0.2, 0.25) is 11.8 Å². The molecular weight excluding hydrogens is 331 g/mol.